The number of esters is 2. The summed E-state index contributed by atoms with van der Waals surface area (Å²) >= 11 is 0. The first-order valence-electron chi connectivity index (χ1n) is 5.76. The third-order valence-corrected chi connectivity index (χ3v) is 1.92. The van der Waals surface area contributed by atoms with Gasteiger partial charge in [0.05, 0.1) is 19.6 Å². The molecule has 0 aromatic carbocycles. The highest BCUT2D eigenvalue weighted by Gasteiger charge is 2.31. The summed E-state index contributed by atoms with van der Waals surface area (Å²) in [6.07, 6.45) is -0.741. The maximum Gasteiger partial charge on any atom is 0.340 e. The molecule has 108 valence electrons. The zero-order chi connectivity index (χ0) is 14.8. The molecule has 0 aromatic heterocycles. The van der Waals surface area contributed by atoms with Crippen molar-refractivity contribution in [1.82, 2.24) is 5.32 Å². The van der Waals surface area contributed by atoms with Crippen molar-refractivity contribution in [3.8, 4) is 0 Å². The largest absolute Gasteiger partial charge is 0.481 e. The van der Waals surface area contributed by atoms with Crippen LogP contribution >= 0.6 is 0 Å². The first-order chi connectivity index (χ1) is 8.92. The Kier molecular flexibility index (Phi) is 7.90. The van der Waals surface area contributed by atoms with E-state index in [9.17, 15) is 19.2 Å². The number of amides is 1. The Balaban J connectivity index is 4.57. The summed E-state index contributed by atoms with van der Waals surface area (Å²) in [4.78, 5) is 44.6. The number of nitrogens with one attached hydrogen (secondary N) is 1. The van der Waals surface area contributed by atoms with Gasteiger partial charge in [-0.3, -0.25) is 9.59 Å². The lowest BCUT2D eigenvalue weighted by Gasteiger charge is -2.15. The maximum atomic E-state index is 11.5. The number of aliphatic carboxylic acids is 1. The van der Waals surface area contributed by atoms with Crippen molar-refractivity contribution in [3.05, 3.63) is 0 Å². The Morgan fingerprint density at radius 2 is 1.47 bits per heavy atom. The van der Waals surface area contributed by atoms with E-state index in [4.69, 9.17) is 5.11 Å². The van der Waals surface area contributed by atoms with E-state index in [-0.39, 0.29) is 19.6 Å². The van der Waals surface area contributed by atoms with Crippen molar-refractivity contribution in [2.45, 2.75) is 32.7 Å². The van der Waals surface area contributed by atoms with E-state index < -0.39 is 36.3 Å². The fourth-order valence-corrected chi connectivity index (χ4v) is 1.12. The molecule has 0 aliphatic carbocycles. The molecule has 0 unspecified atom stereocenters. The van der Waals surface area contributed by atoms with Crippen LogP contribution in [0.2, 0.25) is 0 Å². The molecule has 0 aromatic rings. The normalized spacial score (nSPS) is 9.84. The number of hydrogen-bond acceptors (Lipinski definition) is 6. The lowest BCUT2D eigenvalue weighted by Crippen LogP contribution is -2.48. The molecule has 0 spiro atoms. The number of carbonyl (C=O) groups excluding carboxylic acids is 3. The van der Waals surface area contributed by atoms with Crippen LogP contribution in [0, 0.1) is 0 Å². The third kappa shape index (κ3) is 7.02. The SMILES string of the molecule is CCOC(=O)C(NC(=O)CCC(=O)O)C(=O)OCC. The first kappa shape index (κ1) is 16.9. The van der Waals surface area contributed by atoms with Crippen LogP contribution in [0.5, 0.6) is 0 Å². The van der Waals surface area contributed by atoms with Gasteiger partial charge in [-0.05, 0) is 13.8 Å². The second-order valence-corrected chi connectivity index (χ2v) is 3.40. The van der Waals surface area contributed by atoms with Gasteiger partial charge < -0.3 is 19.9 Å². The van der Waals surface area contributed by atoms with Crippen LogP contribution in [-0.4, -0.2) is 48.2 Å². The summed E-state index contributed by atoms with van der Waals surface area (Å²) in [7, 11) is 0. The zero-order valence-electron chi connectivity index (χ0n) is 10.8. The van der Waals surface area contributed by atoms with Gasteiger partial charge in [-0.25, -0.2) is 9.59 Å². The van der Waals surface area contributed by atoms with E-state index in [0.717, 1.165) is 0 Å². The highest BCUT2D eigenvalue weighted by molar-refractivity contribution is 6.02. The maximum absolute atomic E-state index is 11.5. The lowest BCUT2D eigenvalue weighted by molar-refractivity contribution is -0.159. The van der Waals surface area contributed by atoms with Gasteiger partial charge >= 0.3 is 17.9 Å². The molecule has 0 saturated carbocycles. The second kappa shape index (κ2) is 8.90. The van der Waals surface area contributed by atoms with E-state index >= 15 is 0 Å². The minimum atomic E-state index is -1.57. The summed E-state index contributed by atoms with van der Waals surface area (Å²) in [6.45, 7) is 3.18. The van der Waals surface area contributed by atoms with Crippen molar-refractivity contribution in [2.75, 3.05) is 13.2 Å². The number of hydrogen-bond donors (Lipinski definition) is 2. The van der Waals surface area contributed by atoms with E-state index in [2.05, 4.69) is 14.8 Å². The molecule has 0 rings (SSSR count). The van der Waals surface area contributed by atoms with Crippen LogP contribution in [0.15, 0.2) is 0 Å². The van der Waals surface area contributed by atoms with Crippen LogP contribution in [0.4, 0.5) is 0 Å². The summed E-state index contributed by atoms with van der Waals surface area (Å²) in [5.74, 6) is -3.78. The molecule has 1 amide bonds. The molecule has 19 heavy (non-hydrogen) atoms. The van der Waals surface area contributed by atoms with Gasteiger partial charge in [-0.1, -0.05) is 0 Å². The lowest BCUT2D eigenvalue weighted by atomic mass is 10.2. The van der Waals surface area contributed by atoms with Gasteiger partial charge in [0, 0.05) is 6.42 Å². The Bertz CT molecular complexity index is 335. The molecule has 2 N–H and O–H groups in total. The van der Waals surface area contributed by atoms with Crippen LogP contribution in [0.1, 0.15) is 26.7 Å². The standard InChI is InChI=1S/C11H17NO7/c1-3-18-10(16)9(11(17)19-4-2)12-7(13)5-6-8(14)15/h9H,3-6H2,1-2H3,(H,12,13)(H,14,15). The molecule has 8 heteroatoms. The Labute approximate surface area is 110 Å². The van der Waals surface area contributed by atoms with Crippen molar-refractivity contribution < 1.29 is 33.8 Å². The number of ether oxygens (including phenoxy) is 2. The van der Waals surface area contributed by atoms with E-state index in [1.54, 1.807) is 13.8 Å². The van der Waals surface area contributed by atoms with E-state index in [1.807, 2.05) is 0 Å². The summed E-state index contributed by atoms with van der Waals surface area (Å²) in [5.41, 5.74) is 0. The minimum absolute atomic E-state index is 0.0414. The Morgan fingerprint density at radius 1 is 1.00 bits per heavy atom. The predicted molar refractivity (Wildman–Crippen MR) is 62.1 cm³/mol. The van der Waals surface area contributed by atoms with Gasteiger partial charge in [0.25, 0.3) is 0 Å². The molecular formula is C11H17NO7. The van der Waals surface area contributed by atoms with E-state index in [1.165, 1.54) is 0 Å². The van der Waals surface area contributed by atoms with Crippen molar-refractivity contribution in [3.63, 3.8) is 0 Å². The number of carboxylic acid groups (broad SMARTS) is 1. The zero-order valence-corrected chi connectivity index (χ0v) is 10.8. The monoisotopic (exact) mass is 275 g/mol. The van der Waals surface area contributed by atoms with Gasteiger partial charge in [-0.2, -0.15) is 0 Å². The second-order valence-electron chi connectivity index (χ2n) is 3.40. The number of rotatable bonds is 8. The van der Waals surface area contributed by atoms with E-state index in [0.29, 0.717) is 0 Å². The summed E-state index contributed by atoms with van der Waals surface area (Å²) in [5, 5.41) is 10.5. The fraction of sp³-hybridized carbons (Fsp3) is 0.636. The smallest absolute Gasteiger partial charge is 0.340 e. The van der Waals surface area contributed by atoms with Gasteiger partial charge in [0.15, 0.2) is 0 Å². The molecule has 8 nitrogen and oxygen atoms in total. The van der Waals surface area contributed by atoms with Gasteiger partial charge in [-0.15, -0.1) is 0 Å². The molecule has 0 heterocycles. The highest BCUT2D eigenvalue weighted by Crippen LogP contribution is 1.97. The molecule has 0 saturated heterocycles. The Morgan fingerprint density at radius 3 is 1.84 bits per heavy atom. The third-order valence-electron chi connectivity index (χ3n) is 1.92. The number of carbonyl (C=O) groups is 4. The summed E-state index contributed by atoms with van der Waals surface area (Å²) < 4.78 is 9.25. The molecule has 0 aliphatic rings. The quantitative estimate of drug-likeness (QED) is 0.451. The van der Waals surface area contributed by atoms with Crippen LogP contribution in [0.25, 0.3) is 0 Å². The van der Waals surface area contributed by atoms with Gasteiger partial charge in [0.2, 0.25) is 11.9 Å². The van der Waals surface area contributed by atoms with Crippen LogP contribution in [-0.2, 0) is 28.7 Å². The molecule has 0 radical (unpaired) electrons. The van der Waals surface area contributed by atoms with Crippen molar-refractivity contribution >= 4 is 23.8 Å². The average molecular weight is 275 g/mol. The average Bonchev–Trinajstić information content (AvgIpc) is 2.33. The number of carboxylic acids is 1. The topological polar surface area (TPSA) is 119 Å². The van der Waals surface area contributed by atoms with Crippen molar-refractivity contribution in [1.29, 1.82) is 0 Å². The first-order valence-corrected chi connectivity index (χ1v) is 5.76. The van der Waals surface area contributed by atoms with Crippen LogP contribution < -0.4 is 5.32 Å². The van der Waals surface area contributed by atoms with Crippen molar-refractivity contribution in [2.24, 2.45) is 0 Å². The molecule has 0 fully saturated rings. The van der Waals surface area contributed by atoms with Crippen LogP contribution in [0.3, 0.4) is 0 Å². The molecule has 0 atom stereocenters. The Hall–Kier alpha value is -2.12. The highest BCUT2D eigenvalue weighted by atomic mass is 16.6. The molecule has 0 aliphatic heterocycles. The summed E-state index contributed by atoms with van der Waals surface area (Å²) in [6, 6.07) is -1.57. The molecule has 0 bridgehead atoms. The van der Waals surface area contributed by atoms with Gasteiger partial charge in [0.1, 0.15) is 0 Å². The minimum Gasteiger partial charge on any atom is -0.481 e. The predicted octanol–water partition coefficient (Wildman–Crippen LogP) is -0.538. The molecular weight excluding hydrogens is 258 g/mol. The fourth-order valence-electron chi connectivity index (χ4n) is 1.12.